The average Bonchev–Trinajstić information content (AvgIpc) is 2.41. The molecule has 0 aliphatic heterocycles. The highest BCUT2D eigenvalue weighted by Crippen LogP contribution is 2.27. The first-order valence-corrected chi connectivity index (χ1v) is 4.52. The SMILES string of the molecule is NC(=O)C1C=CC=C2C=CC=CC=C21. The highest BCUT2D eigenvalue weighted by Gasteiger charge is 2.21. The highest BCUT2D eigenvalue weighted by molar-refractivity contribution is 5.84. The van der Waals surface area contributed by atoms with Crippen molar-refractivity contribution in [2.75, 3.05) is 0 Å². The summed E-state index contributed by atoms with van der Waals surface area (Å²) in [7, 11) is 0. The minimum Gasteiger partial charge on any atom is -0.369 e. The summed E-state index contributed by atoms with van der Waals surface area (Å²) in [5.41, 5.74) is 7.35. The summed E-state index contributed by atoms with van der Waals surface area (Å²) in [4.78, 5) is 11.2. The number of hydrogen-bond acceptors (Lipinski definition) is 1. The van der Waals surface area contributed by atoms with Gasteiger partial charge in [-0.3, -0.25) is 4.79 Å². The maximum absolute atomic E-state index is 11.2. The Bertz CT molecular complexity index is 408. The van der Waals surface area contributed by atoms with E-state index < -0.39 is 0 Å². The number of hydrogen-bond donors (Lipinski definition) is 1. The van der Waals surface area contributed by atoms with E-state index in [2.05, 4.69) is 0 Å². The van der Waals surface area contributed by atoms with Crippen LogP contribution in [0.1, 0.15) is 0 Å². The summed E-state index contributed by atoms with van der Waals surface area (Å²) in [5.74, 6) is -0.593. The Morgan fingerprint density at radius 3 is 2.79 bits per heavy atom. The molecular formula is C12H11NO. The number of amides is 1. The molecule has 70 valence electrons. The summed E-state index contributed by atoms with van der Waals surface area (Å²) in [6.07, 6.45) is 15.4. The fraction of sp³-hybridized carbons (Fsp3) is 0.0833. The Morgan fingerprint density at radius 1 is 1.14 bits per heavy atom. The largest absolute Gasteiger partial charge is 0.369 e. The van der Waals surface area contributed by atoms with Crippen molar-refractivity contribution >= 4 is 5.91 Å². The molecule has 0 spiro atoms. The maximum Gasteiger partial charge on any atom is 0.228 e. The standard InChI is InChI=1S/C12H11NO/c13-12(14)11-8-4-6-9-5-2-1-3-7-10(9)11/h1-8,11H,(H2,13,14). The molecule has 0 bridgehead atoms. The van der Waals surface area contributed by atoms with Crippen molar-refractivity contribution in [3.05, 3.63) is 59.8 Å². The molecule has 0 aromatic rings. The Labute approximate surface area is 82.8 Å². The zero-order valence-electron chi connectivity index (χ0n) is 7.68. The summed E-state index contributed by atoms with van der Waals surface area (Å²) in [6.45, 7) is 0. The molecule has 0 radical (unpaired) electrons. The van der Waals surface area contributed by atoms with Gasteiger partial charge in [0.15, 0.2) is 0 Å². The molecule has 0 saturated carbocycles. The molecule has 2 aliphatic rings. The molecule has 2 heteroatoms. The van der Waals surface area contributed by atoms with Crippen LogP contribution in [0.5, 0.6) is 0 Å². The molecular weight excluding hydrogens is 174 g/mol. The molecule has 1 amide bonds. The van der Waals surface area contributed by atoms with Gasteiger partial charge in [-0.25, -0.2) is 0 Å². The number of fused-ring (bicyclic) bond motifs is 1. The third-order valence-electron chi connectivity index (χ3n) is 2.33. The second-order valence-corrected chi connectivity index (χ2v) is 3.25. The van der Waals surface area contributed by atoms with Gasteiger partial charge in [0.2, 0.25) is 5.91 Å². The van der Waals surface area contributed by atoms with E-state index in [-0.39, 0.29) is 11.8 Å². The van der Waals surface area contributed by atoms with Gasteiger partial charge in [0.05, 0.1) is 5.92 Å². The third kappa shape index (κ3) is 1.46. The normalized spacial score (nSPS) is 23.6. The van der Waals surface area contributed by atoms with E-state index in [1.807, 2.05) is 48.6 Å². The topological polar surface area (TPSA) is 43.1 Å². The molecule has 2 aliphatic carbocycles. The smallest absolute Gasteiger partial charge is 0.228 e. The van der Waals surface area contributed by atoms with Crippen LogP contribution in [0.2, 0.25) is 0 Å². The predicted molar refractivity (Wildman–Crippen MR) is 56.3 cm³/mol. The number of allylic oxidation sites excluding steroid dienone is 8. The average molecular weight is 185 g/mol. The minimum absolute atomic E-state index is 0.289. The summed E-state index contributed by atoms with van der Waals surface area (Å²) in [6, 6.07) is 0. The van der Waals surface area contributed by atoms with Gasteiger partial charge in [-0.05, 0) is 11.1 Å². The van der Waals surface area contributed by atoms with Crippen molar-refractivity contribution in [3.63, 3.8) is 0 Å². The summed E-state index contributed by atoms with van der Waals surface area (Å²) >= 11 is 0. The van der Waals surface area contributed by atoms with E-state index in [1.165, 1.54) is 0 Å². The monoisotopic (exact) mass is 185 g/mol. The Hall–Kier alpha value is -1.83. The van der Waals surface area contributed by atoms with Crippen LogP contribution in [0.4, 0.5) is 0 Å². The highest BCUT2D eigenvalue weighted by atomic mass is 16.1. The van der Waals surface area contributed by atoms with Crippen LogP contribution >= 0.6 is 0 Å². The molecule has 0 aromatic heterocycles. The van der Waals surface area contributed by atoms with Crippen molar-refractivity contribution in [2.24, 2.45) is 11.7 Å². The first-order chi connectivity index (χ1) is 6.79. The molecule has 1 unspecified atom stereocenters. The van der Waals surface area contributed by atoms with E-state index in [0.29, 0.717) is 0 Å². The zero-order chi connectivity index (χ0) is 9.97. The van der Waals surface area contributed by atoms with Crippen molar-refractivity contribution < 1.29 is 4.79 Å². The minimum atomic E-state index is -0.304. The molecule has 0 fully saturated rings. The van der Waals surface area contributed by atoms with E-state index in [1.54, 1.807) is 0 Å². The molecule has 0 aromatic carbocycles. The number of carbonyl (C=O) groups is 1. The fourth-order valence-corrected chi connectivity index (χ4v) is 1.63. The van der Waals surface area contributed by atoms with E-state index in [9.17, 15) is 4.79 Å². The van der Waals surface area contributed by atoms with Gasteiger partial charge in [-0.15, -0.1) is 0 Å². The van der Waals surface area contributed by atoms with Gasteiger partial charge >= 0.3 is 0 Å². The summed E-state index contributed by atoms with van der Waals surface area (Å²) in [5, 5.41) is 0. The zero-order valence-corrected chi connectivity index (χ0v) is 7.68. The van der Waals surface area contributed by atoms with Crippen LogP contribution < -0.4 is 5.73 Å². The van der Waals surface area contributed by atoms with Gasteiger partial charge in [0.25, 0.3) is 0 Å². The molecule has 0 heterocycles. The molecule has 2 rings (SSSR count). The lowest BCUT2D eigenvalue weighted by atomic mass is 9.87. The van der Waals surface area contributed by atoms with Crippen molar-refractivity contribution in [1.29, 1.82) is 0 Å². The van der Waals surface area contributed by atoms with Crippen molar-refractivity contribution in [1.82, 2.24) is 0 Å². The Morgan fingerprint density at radius 2 is 2.00 bits per heavy atom. The van der Waals surface area contributed by atoms with E-state index in [4.69, 9.17) is 5.73 Å². The van der Waals surface area contributed by atoms with Crippen molar-refractivity contribution in [2.45, 2.75) is 0 Å². The Kier molecular flexibility index (Phi) is 2.19. The van der Waals surface area contributed by atoms with Gasteiger partial charge in [-0.2, -0.15) is 0 Å². The Balaban J connectivity index is 2.45. The predicted octanol–water partition coefficient (Wildman–Crippen LogP) is 1.64. The van der Waals surface area contributed by atoms with Crippen LogP contribution in [0.25, 0.3) is 0 Å². The number of carbonyl (C=O) groups excluding carboxylic acids is 1. The maximum atomic E-state index is 11.2. The lowest BCUT2D eigenvalue weighted by Crippen LogP contribution is -2.24. The first kappa shape index (κ1) is 8.75. The third-order valence-corrected chi connectivity index (χ3v) is 2.33. The number of primary amides is 1. The second-order valence-electron chi connectivity index (χ2n) is 3.25. The lowest BCUT2D eigenvalue weighted by Gasteiger charge is -2.17. The van der Waals surface area contributed by atoms with Gasteiger partial charge < -0.3 is 5.73 Å². The van der Waals surface area contributed by atoms with Gasteiger partial charge in [0, 0.05) is 0 Å². The van der Waals surface area contributed by atoms with Crippen molar-refractivity contribution in [3.8, 4) is 0 Å². The fourth-order valence-electron chi connectivity index (χ4n) is 1.63. The van der Waals surface area contributed by atoms with Crippen LogP contribution in [0.15, 0.2) is 59.8 Å². The quantitative estimate of drug-likeness (QED) is 0.663. The molecule has 0 saturated heterocycles. The van der Waals surface area contributed by atoms with Gasteiger partial charge in [-0.1, -0.05) is 48.6 Å². The molecule has 1 atom stereocenters. The molecule has 2 N–H and O–H groups in total. The summed E-state index contributed by atoms with van der Waals surface area (Å²) < 4.78 is 0. The number of nitrogens with two attached hydrogens (primary N) is 1. The van der Waals surface area contributed by atoms with Gasteiger partial charge in [0.1, 0.15) is 0 Å². The first-order valence-electron chi connectivity index (χ1n) is 4.52. The second kappa shape index (κ2) is 3.50. The van der Waals surface area contributed by atoms with Crippen LogP contribution in [-0.2, 0) is 4.79 Å². The molecule has 2 nitrogen and oxygen atoms in total. The lowest BCUT2D eigenvalue weighted by molar-refractivity contribution is -0.119. The molecule has 14 heavy (non-hydrogen) atoms. The van der Waals surface area contributed by atoms with E-state index in [0.717, 1.165) is 11.1 Å². The van der Waals surface area contributed by atoms with E-state index >= 15 is 0 Å². The van der Waals surface area contributed by atoms with Crippen LogP contribution in [0.3, 0.4) is 0 Å². The van der Waals surface area contributed by atoms with Crippen LogP contribution in [0, 0.1) is 5.92 Å². The van der Waals surface area contributed by atoms with Crippen LogP contribution in [-0.4, -0.2) is 5.91 Å². The number of rotatable bonds is 1.